The van der Waals surface area contributed by atoms with Gasteiger partial charge in [0.2, 0.25) is 0 Å². The van der Waals surface area contributed by atoms with Crippen LogP contribution in [0.15, 0.2) is 12.1 Å². The molecule has 2 heterocycles. The van der Waals surface area contributed by atoms with Gasteiger partial charge < -0.3 is 5.73 Å². The van der Waals surface area contributed by atoms with Crippen LogP contribution in [0.5, 0.6) is 0 Å². The highest BCUT2D eigenvalue weighted by Crippen LogP contribution is 2.34. The Hall–Kier alpha value is -0.130. The molecule has 2 N–H and O–H groups in total. The summed E-state index contributed by atoms with van der Waals surface area (Å²) in [7, 11) is 0. The molecule has 1 saturated heterocycles. The SMILES string of the molecule is CCN(CC)C1CCN(C(c2ccc(Cl)s2)C(C)N)C1. The van der Waals surface area contributed by atoms with Gasteiger partial charge in [0.1, 0.15) is 0 Å². The summed E-state index contributed by atoms with van der Waals surface area (Å²) in [6.45, 7) is 11.1. The van der Waals surface area contributed by atoms with Gasteiger partial charge in [-0.3, -0.25) is 9.80 Å². The van der Waals surface area contributed by atoms with Gasteiger partial charge in [-0.1, -0.05) is 25.4 Å². The van der Waals surface area contributed by atoms with Crippen molar-refractivity contribution in [1.82, 2.24) is 9.80 Å². The fourth-order valence-electron chi connectivity index (χ4n) is 3.32. The minimum absolute atomic E-state index is 0.125. The molecule has 5 heteroatoms. The van der Waals surface area contributed by atoms with Crippen LogP contribution in [-0.4, -0.2) is 48.1 Å². The minimum atomic E-state index is 0.125. The Morgan fingerprint density at radius 1 is 1.45 bits per heavy atom. The van der Waals surface area contributed by atoms with E-state index in [1.165, 1.54) is 11.3 Å². The van der Waals surface area contributed by atoms with E-state index >= 15 is 0 Å². The number of rotatable bonds is 6. The summed E-state index contributed by atoms with van der Waals surface area (Å²) >= 11 is 7.75. The molecule has 20 heavy (non-hydrogen) atoms. The molecule has 3 nitrogen and oxygen atoms in total. The van der Waals surface area contributed by atoms with E-state index in [0.29, 0.717) is 12.1 Å². The maximum Gasteiger partial charge on any atom is 0.0931 e. The quantitative estimate of drug-likeness (QED) is 0.875. The summed E-state index contributed by atoms with van der Waals surface area (Å²) in [4.78, 5) is 6.39. The lowest BCUT2D eigenvalue weighted by atomic mass is 10.1. The zero-order chi connectivity index (χ0) is 14.7. The largest absolute Gasteiger partial charge is 0.326 e. The second kappa shape index (κ2) is 7.23. The summed E-state index contributed by atoms with van der Waals surface area (Å²) in [6.07, 6.45) is 1.24. The fraction of sp³-hybridized carbons (Fsp3) is 0.733. The molecular weight excluding hydrogens is 290 g/mol. The Morgan fingerprint density at radius 3 is 2.65 bits per heavy atom. The molecule has 0 amide bonds. The molecule has 0 saturated carbocycles. The number of nitrogens with two attached hydrogens (primary N) is 1. The van der Waals surface area contributed by atoms with E-state index in [1.807, 2.05) is 6.07 Å². The second-order valence-corrected chi connectivity index (χ2v) is 7.35. The zero-order valence-electron chi connectivity index (χ0n) is 12.7. The van der Waals surface area contributed by atoms with Crippen molar-refractivity contribution in [3.63, 3.8) is 0 Å². The van der Waals surface area contributed by atoms with E-state index in [9.17, 15) is 0 Å². The smallest absolute Gasteiger partial charge is 0.0931 e. The molecule has 3 atom stereocenters. The Morgan fingerprint density at radius 2 is 2.15 bits per heavy atom. The molecule has 1 fully saturated rings. The third kappa shape index (κ3) is 3.55. The molecule has 0 bridgehead atoms. The van der Waals surface area contributed by atoms with Crippen LogP contribution in [0.25, 0.3) is 0 Å². The van der Waals surface area contributed by atoms with Gasteiger partial charge in [0.25, 0.3) is 0 Å². The van der Waals surface area contributed by atoms with Crippen molar-refractivity contribution in [2.75, 3.05) is 26.2 Å². The summed E-state index contributed by atoms with van der Waals surface area (Å²) < 4.78 is 0.852. The number of hydrogen-bond acceptors (Lipinski definition) is 4. The first kappa shape index (κ1) is 16.2. The normalized spacial score (nSPS) is 23.4. The lowest BCUT2D eigenvalue weighted by Crippen LogP contribution is -2.41. The number of likely N-dealkylation sites (tertiary alicyclic amines) is 1. The van der Waals surface area contributed by atoms with Crippen LogP contribution < -0.4 is 5.73 Å². The molecule has 1 aliphatic heterocycles. The predicted octanol–water partition coefficient (Wildman–Crippen LogP) is 3.21. The molecule has 0 radical (unpaired) electrons. The summed E-state index contributed by atoms with van der Waals surface area (Å²) in [5, 5.41) is 0. The van der Waals surface area contributed by atoms with Gasteiger partial charge in [0, 0.05) is 30.1 Å². The van der Waals surface area contributed by atoms with Crippen LogP contribution in [0, 0.1) is 0 Å². The van der Waals surface area contributed by atoms with Crippen LogP contribution in [0.1, 0.15) is 38.1 Å². The topological polar surface area (TPSA) is 32.5 Å². The first-order chi connectivity index (χ1) is 9.56. The maximum absolute atomic E-state index is 6.25. The molecule has 1 aromatic rings. The predicted molar refractivity (Wildman–Crippen MR) is 88.6 cm³/mol. The van der Waals surface area contributed by atoms with Crippen molar-refractivity contribution in [3.05, 3.63) is 21.3 Å². The van der Waals surface area contributed by atoms with Crippen molar-refractivity contribution in [3.8, 4) is 0 Å². The Labute approximate surface area is 131 Å². The Kier molecular flexibility index (Phi) is 5.87. The molecule has 2 rings (SSSR count). The van der Waals surface area contributed by atoms with Crippen LogP contribution in [0.2, 0.25) is 4.34 Å². The Bertz CT molecular complexity index is 417. The van der Waals surface area contributed by atoms with Gasteiger partial charge in [-0.25, -0.2) is 0 Å². The average molecular weight is 316 g/mol. The molecule has 0 aromatic carbocycles. The molecule has 1 aliphatic rings. The molecular formula is C15H26ClN3S. The standard InChI is InChI=1S/C15H26ClN3S/c1-4-18(5-2)12-8-9-19(10-12)15(11(3)17)13-6-7-14(16)20-13/h6-7,11-12,15H,4-5,8-10,17H2,1-3H3. The van der Waals surface area contributed by atoms with Gasteiger partial charge in [-0.15, -0.1) is 11.3 Å². The summed E-state index contributed by atoms with van der Waals surface area (Å²) in [5.74, 6) is 0. The first-order valence-electron chi connectivity index (χ1n) is 7.55. The van der Waals surface area contributed by atoms with Crippen LogP contribution in [0.3, 0.4) is 0 Å². The van der Waals surface area contributed by atoms with Crippen molar-refractivity contribution in [2.24, 2.45) is 5.73 Å². The first-order valence-corrected chi connectivity index (χ1v) is 8.75. The highest BCUT2D eigenvalue weighted by atomic mass is 35.5. The van der Waals surface area contributed by atoms with Crippen LogP contribution in [0.4, 0.5) is 0 Å². The molecule has 0 aliphatic carbocycles. The number of hydrogen-bond donors (Lipinski definition) is 1. The second-order valence-electron chi connectivity index (χ2n) is 5.60. The lowest BCUT2D eigenvalue weighted by molar-refractivity contribution is 0.178. The Balaban J connectivity index is 2.09. The highest BCUT2D eigenvalue weighted by Gasteiger charge is 2.33. The van der Waals surface area contributed by atoms with Gasteiger partial charge in [0.15, 0.2) is 0 Å². The van der Waals surface area contributed by atoms with E-state index in [4.69, 9.17) is 17.3 Å². The van der Waals surface area contributed by atoms with Gasteiger partial charge >= 0.3 is 0 Å². The molecule has 3 unspecified atom stereocenters. The number of likely N-dealkylation sites (N-methyl/N-ethyl adjacent to an activating group) is 1. The zero-order valence-corrected chi connectivity index (χ0v) is 14.3. The number of nitrogens with zero attached hydrogens (tertiary/aromatic N) is 2. The molecule has 114 valence electrons. The summed E-state index contributed by atoms with van der Waals surface area (Å²) in [6, 6.07) is 5.20. The van der Waals surface area contributed by atoms with Crippen molar-refractivity contribution >= 4 is 22.9 Å². The monoisotopic (exact) mass is 315 g/mol. The average Bonchev–Trinajstić information content (AvgIpc) is 3.02. The third-order valence-electron chi connectivity index (χ3n) is 4.30. The van der Waals surface area contributed by atoms with E-state index in [0.717, 1.165) is 30.5 Å². The third-order valence-corrected chi connectivity index (χ3v) is 5.60. The van der Waals surface area contributed by atoms with Gasteiger partial charge in [0.05, 0.1) is 10.4 Å². The maximum atomic E-state index is 6.25. The van der Waals surface area contributed by atoms with E-state index in [2.05, 4.69) is 36.6 Å². The van der Waals surface area contributed by atoms with Gasteiger partial charge in [-0.05, 0) is 38.6 Å². The molecule has 1 aromatic heterocycles. The van der Waals surface area contributed by atoms with Crippen molar-refractivity contribution in [1.29, 1.82) is 0 Å². The number of halogens is 1. The van der Waals surface area contributed by atoms with Gasteiger partial charge in [-0.2, -0.15) is 0 Å². The minimum Gasteiger partial charge on any atom is -0.326 e. The number of thiophene rings is 1. The lowest BCUT2D eigenvalue weighted by Gasteiger charge is -2.32. The van der Waals surface area contributed by atoms with Crippen LogP contribution in [-0.2, 0) is 0 Å². The molecule has 0 spiro atoms. The van der Waals surface area contributed by atoms with E-state index in [1.54, 1.807) is 11.3 Å². The summed E-state index contributed by atoms with van der Waals surface area (Å²) in [5.41, 5.74) is 6.25. The fourth-order valence-corrected chi connectivity index (χ4v) is 4.63. The van der Waals surface area contributed by atoms with Crippen molar-refractivity contribution in [2.45, 2.75) is 45.3 Å². The highest BCUT2D eigenvalue weighted by molar-refractivity contribution is 7.16. The van der Waals surface area contributed by atoms with Crippen LogP contribution >= 0.6 is 22.9 Å². The van der Waals surface area contributed by atoms with E-state index < -0.39 is 0 Å². The van der Waals surface area contributed by atoms with E-state index in [-0.39, 0.29) is 6.04 Å². The van der Waals surface area contributed by atoms with Crippen molar-refractivity contribution < 1.29 is 0 Å².